The van der Waals surface area contributed by atoms with Crippen molar-refractivity contribution in [2.24, 2.45) is 5.73 Å². The summed E-state index contributed by atoms with van der Waals surface area (Å²) in [5.41, 5.74) is 5.33. The standard InChI is InChI=1S/C7H12F3N5S/c8-7(9,10)2-1-5-16-6-12-13-14-15(6)4-3-11/h1-5,11H2. The van der Waals surface area contributed by atoms with Gasteiger partial charge >= 0.3 is 6.18 Å². The van der Waals surface area contributed by atoms with Crippen LogP contribution in [-0.2, 0) is 6.54 Å². The Labute approximate surface area is 94.6 Å². The van der Waals surface area contributed by atoms with Crippen molar-refractivity contribution in [3.63, 3.8) is 0 Å². The number of tetrazole rings is 1. The minimum Gasteiger partial charge on any atom is -0.329 e. The van der Waals surface area contributed by atoms with Crippen LogP contribution < -0.4 is 5.73 Å². The molecule has 5 nitrogen and oxygen atoms in total. The summed E-state index contributed by atoms with van der Waals surface area (Å²) in [7, 11) is 0. The van der Waals surface area contributed by atoms with Crippen molar-refractivity contribution >= 4 is 11.8 Å². The summed E-state index contributed by atoms with van der Waals surface area (Å²) < 4.78 is 37.0. The highest BCUT2D eigenvalue weighted by atomic mass is 32.2. The minimum absolute atomic E-state index is 0.0592. The summed E-state index contributed by atoms with van der Waals surface area (Å²) in [6, 6.07) is 0. The first kappa shape index (κ1) is 13.2. The Kier molecular flexibility index (Phi) is 5.00. The molecule has 16 heavy (non-hydrogen) atoms. The van der Waals surface area contributed by atoms with Crippen molar-refractivity contribution in [1.82, 2.24) is 20.2 Å². The van der Waals surface area contributed by atoms with E-state index >= 15 is 0 Å². The van der Waals surface area contributed by atoms with Gasteiger partial charge < -0.3 is 5.73 Å². The first-order valence-corrected chi connectivity index (χ1v) is 5.67. The molecule has 9 heteroatoms. The van der Waals surface area contributed by atoms with Crippen LogP contribution in [0.5, 0.6) is 0 Å². The molecule has 0 radical (unpaired) electrons. The second-order valence-electron chi connectivity index (χ2n) is 3.04. The Hall–Kier alpha value is -0.830. The summed E-state index contributed by atoms with van der Waals surface area (Å²) in [5.74, 6) is 0.338. The fraction of sp³-hybridized carbons (Fsp3) is 0.857. The molecule has 0 aliphatic rings. The van der Waals surface area contributed by atoms with Crippen LogP contribution in [0.15, 0.2) is 5.16 Å². The Morgan fingerprint density at radius 2 is 2.12 bits per heavy atom. The van der Waals surface area contributed by atoms with E-state index in [0.29, 0.717) is 24.0 Å². The molecule has 0 spiro atoms. The van der Waals surface area contributed by atoms with Crippen LogP contribution >= 0.6 is 11.8 Å². The average Bonchev–Trinajstić information content (AvgIpc) is 2.60. The normalized spacial score (nSPS) is 12.0. The molecule has 1 heterocycles. The molecule has 1 aromatic heterocycles. The van der Waals surface area contributed by atoms with E-state index in [1.165, 1.54) is 16.4 Å². The van der Waals surface area contributed by atoms with Crippen molar-refractivity contribution in [3.05, 3.63) is 0 Å². The van der Waals surface area contributed by atoms with Gasteiger partial charge in [0.15, 0.2) is 0 Å². The molecule has 0 amide bonds. The van der Waals surface area contributed by atoms with Crippen LogP contribution in [0.1, 0.15) is 12.8 Å². The molecule has 0 bridgehead atoms. The number of thioether (sulfide) groups is 1. The molecule has 1 rings (SSSR count). The van der Waals surface area contributed by atoms with Crippen LogP contribution in [0, 0.1) is 0 Å². The number of nitrogens with zero attached hydrogens (tertiary/aromatic N) is 4. The number of aromatic nitrogens is 4. The number of halogens is 3. The molecule has 0 aliphatic carbocycles. The monoisotopic (exact) mass is 255 g/mol. The second kappa shape index (κ2) is 6.04. The summed E-state index contributed by atoms with van der Waals surface area (Å²) >= 11 is 1.21. The lowest BCUT2D eigenvalue weighted by atomic mass is 10.3. The lowest BCUT2D eigenvalue weighted by molar-refractivity contribution is -0.134. The summed E-state index contributed by atoms with van der Waals surface area (Å²) in [6.45, 7) is 0.857. The zero-order chi connectivity index (χ0) is 12.0. The fourth-order valence-corrected chi connectivity index (χ4v) is 1.84. The third-order valence-corrected chi connectivity index (χ3v) is 2.72. The Morgan fingerprint density at radius 3 is 2.75 bits per heavy atom. The topological polar surface area (TPSA) is 69.6 Å². The molecule has 2 N–H and O–H groups in total. The highest BCUT2D eigenvalue weighted by molar-refractivity contribution is 7.99. The van der Waals surface area contributed by atoms with Gasteiger partial charge in [0.25, 0.3) is 0 Å². The number of alkyl halides is 3. The van der Waals surface area contributed by atoms with E-state index < -0.39 is 12.6 Å². The molecule has 1 aromatic rings. The van der Waals surface area contributed by atoms with Crippen LogP contribution in [0.4, 0.5) is 13.2 Å². The Bertz CT molecular complexity index is 313. The van der Waals surface area contributed by atoms with Crippen LogP contribution in [-0.4, -0.2) is 38.7 Å². The molecule has 92 valence electrons. The van der Waals surface area contributed by atoms with Gasteiger partial charge in [-0.25, -0.2) is 4.68 Å². The van der Waals surface area contributed by atoms with Gasteiger partial charge in [-0.15, -0.1) is 5.10 Å². The van der Waals surface area contributed by atoms with Gasteiger partial charge in [-0.2, -0.15) is 13.2 Å². The van der Waals surface area contributed by atoms with E-state index in [1.54, 1.807) is 0 Å². The van der Waals surface area contributed by atoms with E-state index in [0.717, 1.165) is 0 Å². The predicted molar refractivity (Wildman–Crippen MR) is 52.9 cm³/mol. The van der Waals surface area contributed by atoms with Gasteiger partial charge in [-0.3, -0.25) is 0 Å². The fourth-order valence-electron chi connectivity index (χ4n) is 0.999. The van der Waals surface area contributed by atoms with Crippen LogP contribution in [0.25, 0.3) is 0 Å². The average molecular weight is 255 g/mol. The smallest absolute Gasteiger partial charge is 0.329 e. The van der Waals surface area contributed by atoms with Gasteiger partial charge in [0.1, 0.15) is 0 Å². The lowest BCUT2D eigenvalue weighted by Crippen LogP contribution is -2.12. The van der Waals surface area contributed by atoms with Gasteiger partial charge in [-0.05, 0) is 16.8 Å². The number of hydrogen-bond acceptors (Lipinski definition) is 5. The number of nitrogens with two attached hydrogens (primary N) is 1. The number of hydrogen-bond donors (Lipinski definition) is 1. The maximum atomic E-state index is 11.9. The van der Waals surface area contributed by atoms with Crippen molar-refractivity contribution in [1.29, 1.82) is 0 Å². The summed E-state index contributed by atoms with van der Waals surface area (Å²) in [4.78, 5) is 0. The molecule has 0 saturated carbocycles. The minimum atomic E-state index is -4.09. The largest absolute Gasteiger partial charge is 0.389 e. The van der Waals surface area contributed by atoms with Gasteiger partial charge in [-0.1, -0.05) is 11.8 Å². The quantitative estimate of drug-likeness (QED) is 0.608. The van der Waals surface area contributed by atoms with Gasteiger partial charge in [0.05, 0.1) is 6.54 Å². The van der Waals surface area contributed by atoms with Crippen molar-refractivity contribution < 1.29 is 13.2 Å². The predicted octanol–water partition coefficient (Wildman–Crippen LogP) is 1.07. The van der Waals surface area contributed by atoms with Gasteiger partial charge in [0.2, 0.25) is 5.16 Å². The zero-order valence-electron chi connectivity index (χ0n) is 8.44. The van der Waals surface area contributed by atoms with E-state index in [2.05, 4.69) is 15.5 Å². The van der Waals surface area contributed by atoms with Gasteiger partial charge in [0, 0.05) is 18.7 Å². The third kappa shape index (κ3) is 4.79. The number of rotatable bonds is 6. The van der Waals surface area contributed by atoms with Crippen LogP contribution in [0.3, 0.4) is 0 Å². The zero-order valence-corrected chi connectivity index (χ0v) is 9.26. The van der Waals surface area contributed by atoms with Crippen molar-refractivity contribution in [3.8, 4) is 0 Å². The molecule has 0 unspecified atom stereocenters. The molecular weight excluding hydrogens is 243 g/mol. The molecule has 0 atom stereocenters. The SMILES string of the molecule is NCCn1nnnc1SCCCC(F)(F)F. The first-order chi connectivity index (χ1) is 7.53. The van der Waals surface area contributed by atoms with Crippen molar-refractivity contribution in [2.45, 2.75) is 30.7 Å². The molecule has 0 fully saturated rings. The van der Waals surface area contributed by atoms with E-state index in [4.69, 9.17) is 5.73 Å². The first-order valence-electron chi connectivity index (χ1n) is 4.68. The maximum absolute atomic E-state index is 11.9. The van der Waals surface area contributed by atoms with Crippen molar-refractivity contribution in [2.75, 3.05) is 12.3 Å². The lowest BCUT2D eigenvalue weighted by Gasteiger charge is -2.05. The second-order valence-corrected chi connectivity index (χ2v) is 4.10. The van der Waals surface area contributed by atoms with E-state index in [1.807, 2.05) is 0 Å². The summed E-state index contributed by atoms with van der Waals surface area (Å²) in [6.07, 6.45) is -4.81. The molecular formula is C7H12F3N5S. The molecule has 0 aliphatic heterocycles. The maximum Gasteiger partial charge on any atom is 0.389 e. The highest BCUT2D eigenvalue weighted by Gasteiger charge is 2.26. The third-order valence-electron chi connectivity index (χ3n) is 1.68. The summed E-state index contributed by atoms with van der Waals surface area (Å²) in [5, 5.41) is 11.3. The van der Waals surface area contributed by atoms with E-state index in [9.17, 15) is 13.2 Å². The molecule has 0 aromatic carbocycles. The molecule has 0 saturated heterocycles. The van der Waals surface area contributed by atoms with E-state index in [-0.39, 0.29) is 6.42 Å². The van der Waals surface area contributed by atoms with Crippen LogP contribution in [0.2, 0.25) is 0 Å². The Balaban J connectivity index is 2.29. The highest BCUT2D eigenvalue weighted by Crippen LogP contribution is 2.24. The Morgan fingerprint density at radius 1 is 1.38 bits per heavy atom.